The lowest BCUT2D eigenvalue weighted by Gasteiger charge is -2.20. The van der Waals surface area contributed by atoms with Gasteiger partial charge in [-0.1, -0.05) is 49.8 Å². The van der Waals surface area contributed by atoms with Gasteiger partial charge in [-0.25, -0.2) is 0 Å². The number of hydrogen-bond donors (Lipinski definition) is 2. The number of aryl methyl sites for hydroxylation is 1. The van der Waals surface area contributed by atoms with Crippen molar-refractivity contribution in [3.63, 3.8) is 0 Å². The van der Waals surface area contributed by atoms with Gasteiger partial charge in [0.1, 0.15) is 4.83 Å². The minimum Gasteiger partial charge on any atom is -0.396 e. The predicted molar refractivity (Wildman–Crippen MR) is 141 cm³/mol. The Hall–Kier alpha value is -1.77. The number of aliphatic hydroxyl groups is 1. The van der Waals surface area contributed by atoms with Crippen molar-refractivity contribution in [3.8, 4) is 0 Å². The zero-order valence-electron chi connectivity index (χ0n) is 19.3. The van der Waals surface area contributed by atoms with Crippen LogP contribution in [0.2, 0.25) is 5.02 Å². The average molecular weight is 506 g/mol. The summed E-state index contributed by atoms with van der Waals surface area (Å²) in [6, 6.07) is 9.60. The number of carbonyl (C=O) groups is 1. The summed E-state index contributed by atoms with van der Waals surface area (Å²) < 4.78 is 3.00. The number of rotatable bonds is 12. The highest BCUT2D eigenvalue weighted by Gasteiger charge is 2.14. The Balaban J connectivity index is 1.83. The van der Waals surface area contributed by atoms with Crippen molar-refractivity contribution in [1.29, 1.82) is 0 Å². The lowest BCUT2D eigenvalue weighted by atomic mass is 10.1. The maximum atomic E-state index is 12.7. The lowest BCUT2D eigenvalue weighted by Crippen LogP contribution is -2.27. The molecule has 1 aromatic carbocycles. The van der Waals surface area contributed by atoms with Crippen LogP contribution in [0.15, 0.2) is 36.5 Å². The van der Waals surface area contributed by atoms with E-state index in [9.17, 15) is 9.90 Å². The van der Waals surface area contributed by atoms with Crippen molar-refractivity contribution in [1.82, 2.24) is 14.8 Å². The largest absolute Gasteiger partial charge is 0.396 e. The van der Waals surface area contributed by atoms with Gasteiger partial charge < -0.3 is 19.9 Å². The van der Waals surface area contributed by atoms with Gasteiger partial charge in [0, 0.05) is 47.7 Å². The first-order valence-electron chi connectivity index (χ1n) is 11.4. The molecule has 5 nitrogen and oxygen atoms in total. The molecule has 0 radical (unpaired) electrons. The van der Waals surface area contributed by atoms with Crippen LogP contribution in [0.5, 0.6) is 0 Å². The first-order valence-corrected chi connectivity index (χ1v) is 13.0. The summed E-state index contributed by atoms with van der Waals surface area (Å²) in [4.78, 5) is 17.5. The third-order valence-corrected chi connectivity index (χ3v) is 7.73. The molecule has 1 amide bonds. The molecular weight excluding hydrogens is 474 g/mol. The number of nitrogens with zero attached hydrogens (tertiary/aromatic N) is 2. The van der Waals surface area contributed by atoms with Crippen LogP contribution in [-0.4, -0.2) is 46.7 Å². The van der Waals surface area contributed by atoms with E-state index in [-0.39, 0.29) is 18.9 Å². The molecule has 0 saturated heterocycles. The summed E-state index contributed by atoms with van der Waals surface area (Å²) in [5, 5.41) is 13.9. The third-order valence-electron chi connectivity index (χ3n) is 5.76. The number of likely N-dealkylation sites (N-methyl/N-ethyl adjacent to an activating group) is 1. The highest BCUT2D eigenvalue weighted by molar-refractivity contribution is 7.71. The van der Waals surface area contributed by atoms with Gasteiger partial charge in [0.25, 0.3) is 0 Å². The first kappa shape index (κ1) is 25.8. The number of amides is 1. The van der Waals surface area contributed by atoms with E-state index in [1.54, 1.807) is 11.3 Å². The fourth-order valence-electron chi connectivity index (χ4n) is 3.78. The van der Waals surface area contributed by atoms with Gasteiger partial charge in [-0.3, -0.25) is 4.79 Å². The molecular formula is C25H32ClN3O2S2. The molecule has 0 spiro atoms. The Labute approximate surface area is 210 Å². The Kier molecular flexibility index (Phi) is 9.89. The van der Waals surface area contributed by atoms with E-state index in [4.69, 9.17) is 23.8 Å². The fourth-order valence-corrected chi connectivity index (χ4v) is 5.46. The number of benzene rings is 1. The fraction of sp³-hybridized carbons (Fsp3) is 0.440. The molecule has 0 saturated carbocycles. The Bertz CT molecular complexity index is 1120. The number of carbonyl (C=O) groups excluding carboxylic acids is 1. The summed E-state index contributed by atoms with van der Waals surface area (Å²) in [6.45, 7) is 8.77. The monoisotopic (exact) mass is 505 g/mol. The summed E-state index contributed by atoms with van der Waals surface area (Å²) >= 11 is 13.5. The highest BCUT2D eigenvalue weighted by Crippen LogP contribution is 2.29. The van der Waals surface area contributed by atoms with Crippen LogP contribution in [-0.2, 0) is 30.7 Å². The smallest absolute Gasteiger partial charge is 0.224 e. The normalized spacial score (nSPS) is 11.4. The number of nitrogens with one attached hydrogen (secondary N) is 1. The van der Waals surface area contributed by atoms with Crippen LogP contribution in [0.25, 0.3) is 10.2 Å². The van der Waals surface area contributed by atoms with Crippen LogP contribution in [0.3, 0.4) is 0 Å². The maximum Gasteiger partial charge on any atom is 0.224 e. The molecule has 3 rings (SSSR count). The maximum absolute atomic E-state index is 12.7. The number of aromatic nitrogens is 1. The van der Waals surface area contributed by atoms with Gasteiger partial charge in [0.05, 0.1) is 10.9 Å². The van der Waals surface area contributed by atoms with Crippen molar-refractivity contribution in [2.24, 2.45) is 0 Å². The second-order valence-corrected chi connectivity index (χ2v) is 10.0. The van der Waals surface area contributed by atoms with E-state index in [2.05, 4.69) is 40.9 Å². The second kappa shape index (κ2) is 12.6. The highest BCUT2D eigenvalue weighted by atomic mass is 35.5. The quantitative estimate of drug-likeness (QED) is 0.332. The molecule has 2 N–H and O–H groups in total. The number of aliphatic hydroxyl groups excluding tert-OH is 1. The predicted octanol–water partition coefficient (Wildman–Crippen LogP) is 5.21. The summed E-state index contributed by atoms with van der Waals surface area (Å²) in [5.74, 6) is -0.0542. The van der Waals surface area contributed by atoms with Crippen LogP contribution < -0.4 is 5.32 Å². The molecule has 2 aromatic heterocycles. The van der Waals surface area contributed by atoms with E-state index >= 15 is 0 Å². The number of thiophene rings is 1. The van der Waals surface area contributed by atoms with Crippen molar-refractivity contribution < 1.29 is 9.90 Å². The van der Waals surface area contributed by atoms with E-state index in [1.165, 1.54) is 4.88 Å². The minimum absolute atomic E-state index is 0.0542. The first-order chi connectivity index (χ1) is 15.9. The number of pyridine rings is 1. The molecule has 0 atom stereocenters. The van der Waals surface area contributed by atoms with Crippen molar-refractivity contribution >= 4 is 51.3 Å². The van der Waals surface area contributed by atoms with Crippen molar-refractivity contribution in [2.45, 2.75) is 46.2 Å². The summed E-state index contributed by atoms with van der Waals surface area (Å²) in [6.07, 6.45) is 3.87. The topological polar surface area (TPSA) is 57.5 Å². The van der Waals surface area contributed by atoms with E-state index in [1.807, 2.05) is 24.3 Å². The van der Waals surface area contributed by atoms with Gasteiger partial charge in [0.2, 0.25) is 5.91 Å². The molecule has 2 heterocycles. The van der Waals surface area contributed by atoms with Crippen LogP contribution in [0.1, 0.15) is 36.3 Å². The molecule has 0 fully saturated rings. The molecule has 3 aromatic rings. The van der Waals surface area contributed by atoms with Gasteiger partial charge in [-0.15, -0.1) is 11.3 Å². The van der Waals surface area contributed by atoms with Gasteiger partial charge >= 0.3 is 0 Å². The number of fused-ring (bicyclic) bond motifs is 1. The lowest BCUT2D eigenvalue weighted by molar-refractivity contribution is -0.120. The van der Waals surface area contributed by atoms with E-state index in [0.717, 1.165) is 64.9 Å². The zero-order valence-corrected chi connectivity index (χ0v) is 21.7. The molecule has 33 heavy (non-hydrogen) atoms. The molecule has 0 aliphatic heterocycles. The zero-order chi connectivity index (χ0) is 23.8. The Morgan fingerprint density at radius 3 is 2.64 bits per heavy atom. The van der Waals surface area contributed by atoms with Gasteiger partial charge in [-0.05, 0) is 55.3 Å². The molecule has 178 valence electrons. The van der Waals surface area contributed by atoms with Crippen molar-refractivity contribution in [3.05, 3.63) is 62.1 Å². The molecule has 0 aliphatic carbocycles. The van der Waals surface area contributed by atoms with Gasteiger partial charge in [-0.2, -0.15) is 0 Å². The SMILES string of the molecule is CCN(CC)CCn1cc(CC(=O)NCc2ccc(Cl)cc2)c(=S)c2cc(CCCO)sc21. The number of halogens is 1. The summed E-state index contributed by atoms with van der Waals surface area (Å²) in [5.41, 5.74) is 1.87. The van der Waals surface area contributed by atoms with Crippen LogP contribution in [0, 0.1) is 4.51 Å². The molecule has 0 bridgehead atoms. The summed E-state index contributed by atoms with van der Waals surface area (Å²) in [7, 11) is 0. The average Bonchev–Trinajstić information content (AvgIpc) is 3.25. The van der Waals surface area contributed by atoms with Gasteiger partial charge in [0.15, 0.2) is 0 Å². The third kappa shape index (κ3) is 7.11. The Morgan fingerprint density at radius 2 is 1.97 bits per heavy atom. The van der Waals surface area contributed by atoms with Crippen LogP contribution >= 0.6 is 35.2 Å². The molecule has 8 heteroatoms. The van der Waals surface area contributed by atoms with Crippen molar-refractivity contribution in [2.75, 3.05) is 26.2 Å². The van der Waals surface area contributed by atoms with Crippen LogP contribution in [0.4, 0.5) is 0 Å². The molecule has 0 unspecified atom stereocenters. The minimum atomic E-state index is -0.0542. The van der Waals surface area contributed by atoms with E-state index in [0.29, 0.717) is 11.6 Å². The number of hydrogen-bond acceptors (Lipinski definition) is 5. The van der Waals surface area contributed by atoms with E-state index < -0.39 is 0 Å². The Morgan fingerprint density at radius 1 is 1.24 bits per heavy atom. The standard InChI is InChI=1S/C25H32ClN3O2S2/c1-3-28(4-2)11-12-29-17-19(14-23(31)27-16-18-7-9-20(26)10-8-18)24(32)22-15-21(6-5-13-30)33-25(22)29/h7-10,15,17,30H,3-6,11-14,16H2,1-2H3,(H,27,31). The molecule has 0 aliphatic rings. The second-order valence-electron chi connectivity index (χ2n) is 8.04.